The summed E-state index contributed by atoms with van der Waals surface area (Å²) >= 11 is 0. The maximum absolute atomic E-state index is 13.7. The Kier molecular flexibility index (Phi) is 7.03. The van der Waals surface area contributed by atoms with Gasteiger partial charge in [-0.05, 0) is 50.5 Å². The number of anilines is 1. The lowest BCUT2D eigenvalue weighted by molar-refractivity contribution is 0.0240. The molecule has 2 heterocycles. The predicted molar refractivity (Wildman–Crippen MR) is 119 cm³/mol. The summed E-state index contributed by atoms with van der Waals surface area (Å²) in [6.45, 7) is 12.5. The standard InChI is InChI=1S/C24H32FN3O3/c1-17(2)20-10-9-18(25)15-21(20)30-16-19-7-6-8-22(26-19)27-11-13-28(14-12-27)23(29)31-24(3,4)5/h6-10,15,17H,11-14,16H2,1-5H3. The molecule has 6 nitrogen and oxygen atoms in total. The average Bonchev–Trinajstić information content (AvgIpc) is 2.71. The lowest BCUT2D eigenvalue weighted by Crippen LogP contribution is -2.50. The van der Waals surface area contributed by atoms with Crippen molar-refractivity contribution in [1.29, 1.82) is 0 Å². The third-order valence-electron chi connectivity index (χ3n) is 5.02. The van der Waals surface area contributed by atoms with Gasteiger partial charge in [0.15, 0.2) is 0 Å². The van der Waals surface area contributed by atoms with E-state index in [1.165, 1.54) is 12.1 Å². The van der Waals surface area contributed by atoms with E-state index in [0.717, 1.165) is 17.1 Å². The molecule has 7 heteroatoms. The van der Waals surface area contributed by atoms with Gasteiger partial charge in [0.25, 0.3) is 0 Å². The largest absolute Gasteiger partial charge is 0.487 e. The molecule has 1 aliphatic rings. The van der Waals surface area contributed by atoms with Crippen LogP contribution >= 0.6 is 0 Å². The molecule has 0 spiro atoms. The molecule has 1 aromatic carbocycles. The van der Waals surface area contributed by atoms with Gasteiger partial charge in [-0.25, -0.2) is 14.2 Å². The molecule has 0 atom stereocenters. The van der Waals surface area contributed by atoms with Crippen LogP contribution in [-0.4, -0.2) is 47.8 Å². The summed E-state index contributed by atoms with van der Waals surface area (Å²) in [5.74, 6) is 1.31. The molecule has 2 aromatic rings. The quantitative estimate of drug-likeness (QED) is 0.671. The topological polar surface area (TPSA) is 54.9 Å². The average molecular weight is 430 g/mol. The van der Waals surface area contributed by atoms with Crippen LogP contribution in [0.5, 0.6) is 5.75 Å². The molecule has 31 heavy (non-hydrogen) atoms. The molecule has 1 saturated heterocycles. The van der Waals surface area contributed by atoms with Crippen molar-refractivity contribution in [2.24, 2.45) is 0 Å². The molecular weight excluding hydrogens is 397 g/mol. The van der Waals surface area contributed by atoms with Crippen molar-refractivity contribution in [3.05, 3.63) is 53.5 Å². The second-order valence-electron chi connectivity index (χ2n) is 9.07. The zero-order valence-corrected chi connectivity index (χ0v) is 19.0. The van der Waals surface area contributed by atoms with E-state index in [4.69, 9.17) is 14.5 Å². The van der Waals surface area contributed by atoms with E-state index in [2.05, 4.69) is 18.7 Å². The summed E-state index contributed by atoms with van der Waals surface area (Å²) in [6, 6.07) is 10.4. The number of aromatic nitrogens is 1. The highest BCUT2D eigenvalue weighted by molar-refractivity contribution is 5.68. The summed E-state index contributed by atoms with van der Waals surface area (Å²) in [4.78, 5) is 20.8. The van der Waals surface area contributed by atoms with Crippen molar-refractivity contribution in [3.63, 3.8) is 0 Å². The minimum atomic E-state index is -0.499. The molecule has 3 rings (SSSR count). The van der Waals surface area contributed by atoms with Gasteiger partial charge in [0.1, 0.15) is 29.6 Å². The van der Waals surface area contributed by atoms with Gasteiger partial charge in [-0.1, -0.05) is 26.0 Å². The second-order valence-corrected chi connectivity index (χ2v) is 9.07. The van der Waals surface area contributed by atoms with Crippen LogP contribution in [0.25, 0.3) is 0 Å². The first-order chi connectivity index (χ1) is 14.6. The monoisotopic (exact) mass is 429 g/mol. The molecular formula is C24H32FN3O3. The van der Waals surface area contributed by atoms with Gasteiger partial charge in [-0.2, -0.15) is 0 Å². The van der Waals surface area contributed by atoms with Crippen LogP contribution in [-0.2, 0) is 11.3 Å². The number of hydrogen-bond acceptors (Lipinski definition) is 5. The van der Waals surface area contributed by atoms with Crippen molar-refractivity contribution in [2.75, 3.05) is 31.1 Å². The van der Waals surface area contributed by atoms with Crippen LogP contribution in [0.2, 0.25) is 0 Å². The zero-order chi connectivity index (χ0) is 22.6. The van der Waals surface area contributed by atoms with Gasteiger partial charge in [0.2, 0.25) is 0 Å². The van der Waals surface area contributed by atoms with Crippen molar-refractivity contribution in [2.45, 2.75) is 52.7 Å². The normalized spacial score (nSPS) is 14.7. The fourth-order valence-corrected chi connectivity index (χ4v) is 3.43. The minimum Gasteiger partial charge on any atom is -0.487 e. The van der Waals surface area contributed by atoms with E-state index >= 15 is 0 Å². The maximum Gasteiger partial charge on any atom is 0.410 e. The first-order valence-corrected chi connectivity index (χ1v) is 10.7. The van der Waals surface area contributed by atoms with Crippen LogP contribution in [0.1, 0.15) is 51.8 Å². The number of halogens is 1. The van der Waals surface area contributed by atoms with E-state index in [1.807, 2.05) is 39.0 Å². The number of nitrogens with zero attached hydrogens (tertiary/aromatic N) is 3. The molecule has 0 aliphatic carbocycles. The smallest absolute Gasteiger partial charge is 0.410 e. The number of rotatable bonds is 5. The van der Waals surface area contributed by atoms with E-state index in [1.54, 1.807) is 11.0 Å². The fourth-order valence-electron chi connectivity index (χ4n) is 3.43. The lowest BCUT2D eigenvalue weighted by atomic mass is 10.0. The number of hydrogen-bond donors (Lipinski definition) is 0. The molecule has 1 fully saturated rings. The summed E-state index contributed by atoms with van der Waals surface area (Å²) in [7, 11) is 0. The van der Waals surface area contributed by atoms with Crippen LogP contribution in [0.3, 0.4) is 0 Å². The SMILES string of the molecule is CC(C)c1ccc(F)cc1OCc1cccc(N2CCN(C(=O)OC(C)(C)C)CC2)n1. The number of ether oxygens (including phenoxy) is 2. The number of piperazine rings is 1. The van der Waals surface area contributed by atoms with Crippen molar-refractivity contribution in [1.82, 2.24) is 9.88 Å². The van der Waals surface area contributed by atoms with Crippen molar-refractivity contribution in [3.8, 4) is 5.75 Å². The highest BCUT2D eigenvalue weighted by Crippen LogP contribution is 2.28. The minimum absolute atomic E-state index is 0.233. The summed E-state index contributed by atoms with van der Waals surface area (Å²) in [6.07, 6.45) is -0.279. The van der Waals surface area contributed by atoms with E-state index < -0.39 is 5.60 Å². The van der Waals surface area contributed by atoms with Gasteiger partial charge in [0.05, 0.1) is 5.69 Å². The molecule has 1 amide bonds. The molecule has 1 aromatic heterocycles. The maximum atomic E-state index is 13.7. The summed E-state index contributed by atoms with van der Waals surface area (Å²) in [5.41, 5.74) is 1.24. The Bertz CT molecular complexity index is 903. The Balaban J connectivity index is 1.60. The Hall–Kier alpha value is -2.83. The molecule has 0 unspecified atom stereocenters. The van der Waals surface area contributed by atoms with Crippen LogP contribution < -0.4 is 9.64 Å². The molecule has 0 N–H and O–H groups in total. The number of carbonyl (C=O) groups excluding carboxylic acids is 1. The lowest BCUT2D eigenvalue weighted by Gasteiger charge is -2.36. The van der Waals surface area contributed by atoms with Crippen molar-refractivity contribution < 1.29 is 18.7 Å². The first kappa shape index (κ1) is 22.8. The van der Waals surface area contributed by atoms with Gasteiger partial charge in [0, 0.05) is 32.2 Å². The van der Waals surface area contributed by atoms with Gasteiger partial charge < -0.3 is 19.3 Å². The Morgan fingerprint density at radius 1 is 1.13 bits per heavy atom. The van der Waals surface area contributed by atoms with Crippen LogP contribution in [0.15, 0.2) is 36.4 Å². The van der Waals surface area contributed by atoms with Crippen LogP contribution in [0, 0.1) is 5.82 Å². The van der Waals surface area contributed by atoms with E-state index in [0.29, 0.717) is 31.9 Å². The summed E-state index contributed by atoms with van der Waals surface area (Å²) in [5, 5.41) is 0. The molecule has 168 valence electrons. The Morgan fingerprint density at radius 2 is 1.84 bits per heavy atom. The molecule has 0 saturated carbocycles. The van der Waals surface area contributed by atoms with Crippen LogP contribution in [0.4, 0.5) is 15.0 Å². The molecule has 0 radical (unpaired) electrons. The highest BCUT2D eigenvalue weighted by atomic mass is 19.1. The third-order valence-corrected chi connectivity index (χ3v) is 5.02. The number of pyridine rings is 1. The molecule has 0 bridgehead atoms. The Labute approximate surface area is 184 Å². The van der Waals surface area contributed by atoms with Gasteiger partial charge in [-0.3, -0.25) is 0 Å². The summed E-state index contributed by atoms with van der Waals surface area (Å²) < 4.78 is 25.1. The molecule has 1 aliphatic heterocycles. The second kappa shape index (κ2) is 9.54. The number of amides is 1. The number of carbonyl (C=O) groups is 1. The first-order valence-electron chi connectivity index (χ1n) is 10.7. The predicted octanol–water partition coefficient (Wildman–Crippen LogP) is 4.98. The highest BCUT2D eigenvalue weighted by Gasteiger charge is 2.26. The third kappa shape index (κ3) is 6.32. The number of benzene rings is 1. The Morgan fingerprint density at radius 3 is 2.48 bits per heavy atom. The van der Waals surface area contributed by atoms with Crippen molar-refractivity contribution >= 4 is 11.9 Å². The van der Waals surface area contributed by atoms with Gasteiger partial charge >= 0.3 is 6.09 Å². The van der Waals surface area contributed by atoms with E-state index in [9.17, 15) is 9.18 Å². The fraction of sp³-hybridized carbons (Fsp3) is 0.500. The zero-order valence-electron chi connectivity index (χ0n) is 19.0. The van der Waals surface area contributed by atoms with Gasteiger partial charge in [-0.15, -0.1) is 0 Å². The van der Waals surface area contributed by atoms with E-state index in [-0.39, 0.29) is 24.4 Å².